The number of primary amides is 1. The Morgan fingerprint density at radius 3 is 2.68 bits per heavy atom. The van der Waals surface area contributed by atoms with Crippen molar-refractivity contribution in [3.05, 3.63) is 46.8 Å². The summed E-state index contributed by atoms with van der Waals surface area (Å²) in [5, 5.41) is 8.98. The molecular weight excluding hydrogens is 356 g/mol. The number of aliphatic hydroxyl groups excluding tert-OH is 1. The number of ketones is 1. The van der Waals surface area contributed by atoms with Crippen LogP contribution in [0.25, 0.3) is 5.69 Å². The zero-order chi connectivity index (χ0) is 20.5. The molecule has 3 rings (SSSR count). The fourth-order valence-electron chi connectivity index (χ4n) is 3.85. The van der Waals surface area contributed by atoms with Crippen LogP contribution in [-0.2, 0) is 6.42 Å². The van der Waals surface area contributed by atoms with Crippen LogP contribution in [0.5, 0.6) is 5.75 Å². The lowest BCUT2D eigenvalue weighted by atomic mass is 9.76. The molecule has 1 heterocycles. The van der Waals surface area contributed by atoms with Gasteiger partial charge in [0, 0.05) is 35.5 Å². The Morgan fingerprint density at radius 1 is 1.25 bits per heavy atom. The Balaban J connectivity index is 2.08. The zero-order valence-electron chi connectivity index (χ0n) is 16.7. The minimum Gasteiger partial charge on any atom is -0.491 e. The van der Waals surface area contributed by atoms with Crippen LogP contribution in [0.3, 0.4) is 0 Å². The fourth-order valence-corrected chi connectivity index (χ4v) is 3.85. The van der Waals surface area contributed by atoms with E-state index in [-0.39, 0.29) is 17.8 Å². The molecule has 1 aromatic carbocycles. The standard InChI is InChI=1S/C22H28N2O4/c1-14-10-16-18(12-22(2,3)13-19(16)26)24(14)17-7-6-15(21(23)27)11-20(17)28-9-5-4-8-25/h6-7,10-11,25H,4-5,8-9,12-13H2,1-3H3,(H2,23,27). The smallest absolute Gasteiger partial charge is 0.248 e. The number of hydrogen-bond donors (Lipinski definition) is 2. The number of carbonyl (C=O) groups excluding carboxylic acids is 2. The monoisotopic (exact) mass is 384 g/mol. The maximum Gasteiger partial charge on any atom is 0.248 e. The van der Waals surface area contributed by atoms with E-state index in [1.165, 1.54) is 0 Å². The van der Waals surface area contributed by atoms with E-state index in [1.807, 2.05) is 19.1 Å². The number of nitrogens with two attached hydrogens (primary N) is 1. The van der Waals surface area contributed by atoms with Gasteiger partial charge in [0.2, 0.25) is 5.91 Å². The molecule has 0 atom stereocenters. The summed E-state index contributed by atoms with van der Waals surface area (Å²) >= 11 is 0. The van der Waals surface area contributed by atoms with Crippen LogP contribution in [0, 0.1) is 12.3 Å². The summed E-state index contributed by atoms with van der Waals surface area (Å²) in [5.74, 6) is 0.188. The highest BCUT2D eigenvalue weighted by atomic mass is 16.5. The van der Waals surface area contributed by atoms with Gasteiger partial charge in [0.25, 0.3) is 0 Å². The van der Waals surface area contributed by atoms with Crippen molar-refractivity contribution in [2.45, 2.75) is 46.5 Å². The van der Waals surface area contributed by atoms with E-state index in [4.69, 9.17) is 15.6 Å². The van der Waals surface area contributed by atoms with Crippen LogP contribution in [0.15, 0.2) is 24.3 Å². The molecule has 0 radical (unpaired) electrons. The molecule has 6 heteroatoms. The third kappa shape index (κ3) is 3.97. The second-order valence-electron chi connectivity index (χ2n) is 8.25. The molecular formula is C22H28N2O4. The Bertz CT molecular complexity index is 912. The molecule has 1 amide bonds. The third-order valence-corrected chi connectivity index (χ3v) is 5.17. The average Bonchev–Trinajstić information content (AvgIpc) is 2.93. The number of fused-ring (bicyclic) bond motifs is 1. The minimum absolute atomic E-state index is 0.109. The van der Waals surface area contributed by atoms with Gasteiger partial charge >= 0.3 is 0 Å². The van der Waals surface area contributed by atoms with Gasteiger partial charge in [-0.1, -0.05) is 13.8 Å². The van der Waals surface area contributed by atoms with Gasteiger partial charge in [0.1, 0.15) is 5.75 Å². The number of nitrogens with zero attached hydrogens (tertiary/aromatic N) is 1. The van der Waals surface area contributed by atoms with Crippen molar-refractivity contribution in [1.82, 2.24) is 4.57 Å². The van der Waals surface area contributed by atoms with Gasteiger partial charge in [-0.05, 0) is 55.9 Å². The van der Waals surface area contributed by atoms with Crippen LogP contribution in [-0.4, -0.2) is 34.6 Å². The summed E-state index contributed by atoms with van der Waals surface area (Å²) in [6, 6.07) is 7.09. The van der Waals surface area contributed by atoms with Gasteiger partial charge in [-0.15, -0.1) is 0 Å². The number of amides is 1. The topological polar surface area (TPSA) is 94.6 Å². The van der Waals surface area contributed by atoms with Crippen LogP contribution in [0.1, 0.15) is 65.2 Å². The number of benzene rings is 1. The summed E-state index contributed by atoms with van der Waals surface area (Å²) < 4.78 is 8.01. The number of unbranched alkanes of at least 4 members (excludes halogenated alkanes) is 1. The van der Waals surface area contributed by atoms with Crippen molar-refractivity contribution in [1.29, 1.82) is 0 Å². The predicted molar refractivity (Wildman–Crippen MR) is 107 cm³/mol. The third-order valence-electron chi connectivity index (χ3n) is 5.17. The predicted octanol–water partition coefficient (Wildman–Crippen LogP) is 3.19. The lowest BCUT2D eigenvalue weighted by molar-refractivity contribution is 0.0910. The SMILES string of the molecule is Cc1cc2c(n1-c1ccc(C(N)=O)cc1OCCCCO)CC(C)(C)CC2=O. The molecule has 28 heavy (non-hydrogen) atoms. The van der Waals surface area contributed by atoms with Crippen molar-refractivity contribution < 1.29 is 19.4 Å². The number of hydrogen-bond acceptors (Lipinski definition) is 4. The first kappa shape index (κ1) is 20.1. The maximum absolute atomic E-state index is 12.6. The number of aliphatic hydroxyl groups is 1. The number of Topliss-reactive ketones (excluding diaryl/α,β-unsaturated/α-hetero) is 1. The summed E-state index contributed by atoms with van der Waals surface area (Å²) in [6.45, 7) is 6.70. The van der Waals surface area contributed by atoms with E-state index < -0.39 is 5.91 Å². The molecule has 2 aromatic rings. The highest BCUT2D eigenvalue weighted by Crippen LogP contribution is 2.39. The lowest BCUT2D eigenvalue weighted by Gasteiger charge is -2.30. The van der Waals surface area contributed by atoms with E-state index >= 15 is 0 Å². The van der Waals surface area contributed by atoms with E-state index in [2.05, 4.69) is 18.4 Å². The molecule has 0 saturated carbocycles. The molecule has 0 saturated heterocycles. The summed E-state index contributed by atoms with van der Waals surface area (Å²) in [4.78, 5) is 24.3. The van der Waals surface area contributed by atoms with E-state index in [9.17, 15) is 9.59 Å². The summed E-state index contributed by atoms with van der Waals surface area (Å²) in [6.07, 6.45) is 2.66. The first-order chi connectivity index (χ1) is 13.2. The Hall–Kier alpha value is -2.60. The molecule has 0 aliphatic heterocycles. The molecule has 0 fully saturated rings. The van der Waals surface area contributed by atoms with Gasteiger partial charge in [-0.25, -0.2) is 0 Å². The first-order valence-corrected chi connectivity index (χ1v) is 9.66. The number of carbonyl (C=O) groups is 2. The summed E-state index contributed by atoms with van der Waals surface area (Å²) in [5.41, 5.74) is 9.19. The molecule has 0 bridgehead atoms. The van der Waals surface area contributed by atoms with Gasteiger partial charge in [-0.2, -0.15) is 0 Å². The number of aryl methyl sites for hydroxylation is 1. The van der Waals surface area contributed by atoms with Crippen molar-refractivity contribution in [3.63, 3.8) is 0 Å². The second kappa shape index (κ2) is 7.80. The van der Waals surface area contributed by atoms with Crippen LogP contribution in [0.4, 0.5) is 0 Å². The second-order valence-corrected chi connectivity index (χ2v) is 8.25. The molecule has 0 spiro atoms. The highest BCUT2D eigenvalue weighted by molar-refractivity contribution is 5.99. The lowest BCUT2D eigenvalue weighted by Crippen LogP contribution is -2.28. The van der Waals surface area contributed by atoms with Gasteiger partial charge in [0.05, 0.1) is 12.3 Å². The average molecular weight is 384 g/mol. The van der Waals surface area contributed by atoms with Gasteiger partial charge < -0.3 is 20.1 Å². The number of rotatable bonds is 7. The highest BCUT2D eigenvalue weighted by Gasteiger charge is 2.34. The van der Waals surface area contributed by atoms with Crippen molar-refractivity contribution in [2.24, 2.45) is 11.1 Å². The van der Waals surface area contributed by atoms with E-state index in [1.54, 1.807) is 12.1 Å². The molecule has 150 valence electrons. The minimum atomic E-state index is -0.519. The van der Waals surface area contributed by atoms with Crippen molar-refractivity contribution in [3.8, 4) is 11.4 Å². The molecule has 1 aromatic heterocycles. The largest absolute Gasteiger partial charge is 0.491 e. The zero-order valence-corrected chi connectivity index (χ0v) is 16.7. The molecule has 3 N–H and O–H groups in total. The normalized spacial score (nSPS) is 15.4. The van der Waals surface area contributed by atoms with Crippen molar-refractivity contribution in [2.75, 3.05) is 13.2 Å². The molecule has 1 aliphatic rings. The quantitative estimate of drug-likeness (QED) is 0.717. The first-order valence-electron chi connectivity index (χ1n) is 9.66. The summed E-state index contributed by atoms with van der Waals surface area (Å²) in [7, 11) is 0. The Labute approximate surface area is 165 Å². The van der Waals surface area contributed by atoms with Crippen LogP contribution >= 0.6 is 0 Å². The van der Waals surface area contributed by atoms with Gasteiger partial charge in [0.15, 0.2) is 5.78 Å². The van der Waals surface area contributed by atoms with E-state index in [0.29, 0.717) is 37.2 Å². The molecule has 1 aliphatic carbocycles. The van der Waals surface area contributed by atoms with Crippen LogP contribution < -0.4 is 10.5 Å². The Morgan fingerprint density at radius 2 is 2.00 bits per heavy atom. The molecule has 0 unspecified atom stereocenters. The fraction of sp³-hybridized carbons (Fsp3) is 0.455. The van der Waals surface area contributed by atoms with Crippen LogP contribution in [0.2, 0.25) is 0 Å². The van der Waals surface area contributed by atoms with Gasteiger partial charge in [-0.3, -0.25) is 9.59 Å². The number of aromatic nitrogens is 1. The van der Waals surface area contributed by atoms with E-state index in [0.717, 1.165) is 29.1 Å². The Kier molecular flexibility index (Phi) is 5.61. The molecule has 6 nitrogen and oxygen atoms in total. The van der Waals surface area contributed by atoms with Crippen molar-refractivity contribution >= 4 is 11.7 Å². The number of ether oxygens (including phenoxy) is 1. The maximum atomic E-state index is 12.6.